The van der Waals surface area contributed by atoms with E-state index in [0.29, 0.717) is 42.3 Å². The Morgan fingerprint density at radius 2 is 2.22 bits per heavy atom. The molecular formula is C24H34N6O2. The summed E-state index contributed by atoms with van der Waals surface area (Å²) in [5.41, 5.74) is 2.57. The van der Waals surface area contributed by atoms with Gasteiger partial charge in [0.1, 0.15) is 20.4 Å². The first-order chi connectivity index (χ1) is 17.0. The number of likely N-dealkylation sites (tertiary alicyclic amines) is 1. The fraction of sp³-hybridized carbons (Fsp3) is 0.500. The van der Waals surface area contributed by atoms with Gasteiger partial charge in [0.15, 0.2) is 5.82 Å². The number of nitrogens with one attached hydrogen (secondary N) is 1. The van der Waals surface area contributed by atoms with Gasteiger partial charge in [-0.3, -0.25) is 4.90 Å². The molecule has 172 valence electrons. The number of hydrogen-bond acceptors (Lipinski definition) is 7. The standard InChI is InChI=1S/C24H34N6O2/c1-17-7-8-19(31-5)13-20(17)28(4)23-22-18(9-11-30(22)27-16-26-23)14-29-12-10-24(2,25-3)21(15-29)32-6/h7-9,11,13,16,21,25H,10,12,14-15H2,1-6H3/t21-,24-/m1/s1/i9D,11D,16D/hD. The first-order valence-electron chi connectivity index (χ1n) is 12.7. The Kier molecular flexibility index (Phi) is 5.04. The molecule has 1 N–H and O–H groups in total. The molecule has 8 heteroatoms. The molecule has 3 aromatic rings. The van der Waals surface area contributed by atoms with Gasteiger partial charge in [-0.25, -0.2) is 9.50 Å². The molecule has 0 aliphatic carbocycles. The van der Waals surface area contributed by atoms with E-state index < -0.39 is 5.54 Å². The minimum Gasteiger partial charge on any atom is -0.497 e. The molecule has 8 nitrogen and oxygen atoms in total. The second kappa shape index (κ2) is 9.05. The summed E-state index contributed by atoms with van der Waals surface area (Å²) in [4.78, 5) is 8.48. The van der Waals surface area contributed by atoms with Crippen molar-refractivity contribution < 1.29 is 15.0 Å². The number of fused-ring (bicyclic) bond motifs is 1. The van der Waals surface area contributed by atoms with E-state index in [-0.39, 0.29) is 24.6 Å². The summed E-state index contributed by atoms with van der Waals surface area (Å²) in [5.74, 6) is 1.14. The molecule has 0 spiro atoms. The molecule has 1 fully saturated rings. The van der Waals surface area contributed by atoms with Crippen molar-refractivity contribution in [3.05, 3.63) is 47.8 Å². The predicted molar refractivity (Wildman–Crippen MR) is 127 cm³/mol. The fourth-order valence-corrected chi connectivity index (χ4v) is 4.39. The minimum absolute atomic E-state index is 0.0619. The third-order valence-corrected chi connectivity index (χ3v) is 6.65. The van der Waals surface area contributed by atoms with Crippen molar-refractivity contribution in [2.24, 2.45) is 0 Å². The van der Waals surface area contributed by atoms with Crippen molar-refractivity contribution in [3.63, 3.8) is 0 Å². The maximum atomic E-state index is 8.73. The summed E-state index contributed by atoms with van der Waals surface area (Å²) in [7, 11) is 6.87. The Hall–Kier alpha value is -2.68. The smallest absolute Gasteiger partial charge is 0.161 e. The van der Waals surface area contributed by atoms with Crippen LogP contribution >= 0.6 is 0 Å². The zero-order valence-corrected chi connectivity index (χ0v) is 19.6. The van der Waals surface area contributed by atoms with Crippen molar-refractivity contribution in [1.29, 1.82) is 0 Å². The van der Waals surface area contributed by atoms with Gasteiger partial charge in [-0.05, 0) is 50.6 Å². The van der Waals surface area contributed by atoms with Gasteiger partial charge in [-0.2, -0.15) is 5.10 Å². The van der Waals surface area contributed by atoms with Crippen molar-refractivity contribution in [2.75, 3.05) is 46.3 Å². The van der Waals surface area contributed by atoms with E-state index in [0.717, 1.165) is 17.7 Å². The van der Waals surface area contributed by atoms with Crippen LogP contribution in [0.5, 0.6) is 5.75 Å². The number of anilines is 2. The number of aryl methyl sites for hydroxylation is 1. The molecule has 2 atom stereocenters. The molecule has 0 bridgehead atoms. The first-order valence-corrected chi connectivity index (χ1v) is 10.7. The van der Waals surface area contributed by atoms with Crippen LogP contribution in [0.1, 0.15) is 28.6 Å². The van der Waals surface area contributed by atoms with E-state index in [1.807, 2.05) is 44.0 Å². The summed E-state index contributed by atoms with van der Waals surface area (Å²) in [6.45, 7) is 5.70. The maximum absolute atomic E-state index is 8.73. The number of aromatic nitrogens is 3. The zero-order chi connectivity index (χ0) is 26.4. The third kappa shape index (κ3) is 4.05. The van der Waals surface area contributed by atoms with Gasteiger partial charge in [-0.1, -0.05) is 6.07 Å². The van der Waals surface area contributed by atoms with Crippen LogP contribution in [-0.4, -0.2) is 72.5 Å². The fourth-order valence-electron chi connectivity index (χ4n) is 4.39. The number of piperidine rings is 1. The highest BCUT2D eigenvalue weighted by molar-refractivity contribution is 5.79. The van der Waals surface area contributed by atoms with Gasteiger partial charge < -0.3 is 19.7 Å². The highest BCUT2D eigenvalue weighted by Gasteiger charge is 2.38. The lowest BCUT2D eigenvalue weighted by atomic mass is 9.86. The number of methoxy groups -OCH3 is 2. The normalized spacial score (nSPS) is 23.7. The Morgan fingerprint density at radius 1 is 1.41 bits per heavy atom. The molecule has 0 unspecified atom stereocenters. The average molecular weight is 443 g/mol. The predicted octanol–water partition coefficient (Wildman–Crippen LogP) is 3.01. The van der Waals surface area contributed by atoms with Crippen molar-refractivity contribution >= 4 is 17.0 Å². The van der Waals surface area contributed by atoms with E-state index in [2.05, 4.69) is 15.0 Å². The molecular weight excluding hydrogens is 404 g/mol. The molecule has 1 aliphatic heterocycles. The van der Waals surface area contributed by atoms with Crippen LogP contribution in [0, 0.1) is 6.92 Å². The Balaban J connectivity index is 1.78. The average Bonchev–Trinajstić information content (AvgIpc) is 3.09. The van der Waals surface area contributed by atoms with E-state index in [1.54, 1.807) is 21.3 Å². The summed E-state index contributed by atoms with van der Waals surface area (Å²) in [5, 5.41) is 5.63. The molecule has 2 aromatic heterocycles. The van der Waals surface area contributed by atoms with Crippen LogP contribution in [-0.2, 0) is 11.3 Å². The van der Waals surface area contributed by atoms with Crippen molar-refractivity contribution in [1.82, 2.24) is 24.8 Å². The summed E-state index contributed by atoms with van der Waals surface area (Å²) < 4.78 is 46.2. The number of rotatable bonds is 7. The van der Waals surface area contributed by atoms with Crippen LogP contribution < -0.4 is 14.9 Å². The van der Waals surface area contributed by atoms with E-state index in [4.69, 9.17) is 15.0 Å². The van der Waals surface area contributed by atoms with E-state index in [9.17, 15) is 0 Å². The second-order valence-electron chi connectivity index (χ2n) is 8.51. The first kappa shape index (κ1) is 17.8. The lowest BCUT2D eigenvalue weighted by Gasteiger charge is -2.45. The summed E-state index contributed by atoms with van der Waals surface area (Å²) >= 11 is 0. The molecule has 0 saturated carbocycles. The Labute approximate surface area is 195 Å². The van der Waals surface area contributed by atoms with Crippen molar-refractivity contribution in [2.45, 2.75) is 38.5 Å². The van der Waals surface area contributed by atoms with Gasteiger partial charge in [0.25, 0.3) is 0 Å². The monoisotopic (exact) mass is 442 g/mol. The van der Waals surface area contributed by atoms with Crippen LogP contribution in [0.15, 0.2) is 36.7 Å². The lowest BCUT2D eigenvalue weighted by Crippen LogP contribution is -2.60. The molecule has 1 aromatic carbocycles. The van der Waals surface area contributed by atoms with Crippen LogP contribution in [0.2, 0.25) is 1.41 Å². The van der Waals surface area contributed by atoms with E-state index >= 15 is 0 Å². The number of hydrogen-bond donors (Lipinski definition) is 1. The topological polar surface area (TPSA) is 67.2 Å². The number of nitrogens with zero attached hydrogens (tertiary/aromatic N) is 5. The van der Waals surface area contributed by atoms with Crippen molar-refractivity contribution in [3.8, 4) is 5.75 Å². The summed E-state index contributed by atoms with van der Waals surface area (Å²) in [6.07, 6.45) is 0.224. The van der Waals surface area contributed by atoms with Crippen LogP contribution in [0.4, 0.5) is 11.5 Å². The molecule has 4 rings (SSSR count). The Bertz CT molecular complexity index is 1270. The molecule has 32 heavy (non-hydrogen) atoms. The summed E-state index contributed by atoms with van der Waals surface area (Å²) in [6, 6.07) is 5.80. The molecule has 1 saturated heterocycles. The molecule has 0 radical (unpaired) electrons. The highest BCUT2D eigenvalue weighted by Crippen LogP contribution is 2.33. The van der Waals surface area contributed by atoms with Gasteiger partial charge in [0.2, 0.25) is 0 Å². The third-order valence-electron chi connectivity index (χ3n) is 6.65. The number of ether oxygens (including phenoxy) is 2. The minimum atomic E-state index is -0.420. The second-order valence-corrected chi connectivity index (χ2v) is 8.51. The molecule has 0 amide bonds. The van der Waals surface area contributed by atoms with Crippen LogP contribution in [0.3, 0.4) is 0 Å². The zero-order valence-electron chi connectivity index (χ0n) is 23.6. The molecule has 1 aliphatic rings. The number of likely N-dealkylation sites (N-methyl/N-ethyl adjacent to an activating group) is 1. The SMILES string of the molecule is [2H]c1nc(N(C)c2cc(OC)ccc2C)c2c(CN3CC[C@@](C)(N([2H])C)[C@H](OC)C3)c([2H])c([2H])n2n1. The van der Waals surface area contributed by atoms with Gasteiger partial charge in [0, 0.05) is 57.3 Å². The molecule has 3 heterocycles. The van der Waals surface area contributed by atoms with Gasteiger partial charge in [0.05, 0.1) is 16.0 Å². The Morgan fingerprint density at radius 3 is 2.94 bits per heavy atom. The quantitative estimate of drug-likeness (QED) is 0.603. The lowest BCUT2D eigenvalue weighted by molar-refractivity contribution is -0.0341. The largest absolute Gasteiger partial charge is 0.497 e. The highest BCUT2D eigenvalue weighted by atomic mass is 16.5. The number of benzene rings is 1. The van der Waals surface area contributed by atoms with E-state index in [1.165, 1.54) is 9.83 Å². The van der Waals surface area contributed by atoms with Gasteiger partial charge in [-0.15, -0.1) is 0 Å². The maximum Gasteiger partial charge on any atom is 0.161 e. The van der Waals surface area contributed by atoms with Gasteiger partial charge >= 0.3 is 0 Å². The van der Waals surface area contributed by atoms with Crippen LogP contribution in [0.25, 0.3) is 5.52 Å².